The van der Waals surface area contributed by atoms with Crippen molar-refractivity contribution in [3.63, 3.8) is 0 Å². The van der Waals surface area contributed by atoms with Gasteiger partial charge in [-0.25, -0.2) is 9.67 Å². The summed E-state index contributed by atoms with van der Waals surface area (Å²) in [7, 11) is 3.62. The Balaban J connectivity index is 1.72. The van der Waals surface area contributed by atoms with Crippen LogP contribution in [-0.4, -0.2) is 64.7 Å². The maximum atomic E-state index is 13.3. The van der Waals surface area contributed by atoms with Gasteiger partial charge in [-0.15, -0.1) is 11.6 Å². The lowest BCUT2D eigenvalue weighted by Gasteiger charge is -2.30. The van der Waals surface area contributed by atoms with Crippen molar-refractivity contribution in [2.45, 2.75) is 82.3 Å². The van der Waals surface area contributed by atoms with Crippen LogP contribution in [0.1, 0.15) is 86.8 Å². The summed E-state index contributed by atoms with van der Waals surface area (Å²) >= 11 is 6.64. The number of hydrogen-bond acceptors (Lipinski definition) is 7. The number of pyridine rings is 1. The predicted octanol–water partition coefficient (Wildman–Crippen LogP) is 6.18. The second kappa shape index (κ2) is 14.8. The lowest BCUT2D eigenvalue weighted by molar-refractivity contribution is -0.141. The summed E-state index contributed by atoms with van der Waals surface area (Å²) in [4.78, 5) is 18.6. The number of fused-ring (bicyclic) bond motifs is 1. The topological polar surface area (TPSA) is 110 Å². The van der Waals surface area contributed by atoms with Crippen molar-refractivity contribution in [2.24, 2.45) is 0 Å². The summed E-state index contributed by atoms with van der Waals surface area (Å²) in [6.45, 7) is 3.21. The van der Waals surface area contributed by atoms with Gasteiger partial charge in [-0.1, -0.05) is 58.3 Å². The van der Waals surface area contributed by atoms with Gasteiger partial charge in [0.15, 0.2) is 5.82 Å². The van der Waals surface area contributed by atoms with E-state index in [9.17, 15) is 18.0 Å². The molecule has 0 saturated carbocycles. The lowest BCUT2D eigenvalue weighted by atomic mass is 10.0. The Kier molecular flexibility index (Phi) is 11.7. The van der Waals surface area contributed by atoms with E-state index in [1.54, 1.807) is 4.68 Å². The first kappa shape index (κ1) is 31.8. The third kappa shape index (κ3) is 8.63. The highest BCUT2D eigenvalue weighted by Gasteiger charge is 2.35. The predicted molar refractivity (Wildman–Crippen MR) is 152 cm³/mol. The van der Waals surface area contributed by atoms with E-state index in [0.717, 1.165) is 31.5 Å². The van der Waals surface area contributed by atoms with Crippen molar-refractivity contribution in [3.8, 4) is 5.75 Å². The van der Waals surface area contributed by atoms with Crippen molar-refractivity contribution < 1.29 is 22.7 Å². The Hall–Kier alpha value is -2.73. The Bertz CT molecular complexity index is 1110. The van der Waals surface area contributed by atoms with Crippen LogP contribution in [0, 0.1) is 0 Å². The van der Waals surface area contributed by atoms with Crippen molar-refractivity contribution in [2.75, 3.05) is 50.2 Å². The number of carbonyl (C=O) groups excluding carboxylic acids is 1. The summed E-state index contributed by atoms with van der Waals surface area (Å²) in [6.07, 6.45) is 6.59. The Labute approximate surface area is 239 Å². The number of aromatic nitrogens is 3. The largest absolute Gasteiger partial charge is 0.490 e. The van der Waals surface area contributed by atoms with Crippen molar-refractivity contribution >= 4 is 34.8 Å². The molecular weight excluding hydrogens is 547 g/mol. The molecule has 1 aliphatic rings. The van der Waals surface area contributed by atoms with Gasteiger partial charge in [-0.05, 0) is 20.5 Å². The quantitative estimate of drug-likeness (QED) is 0.169. The van der Waals surface area contributed by atoms with E-state index in [2.05, 4.69) is 27.6 Å². The Morgan fingerprint density at radius 1 is 1.23 bits per heavy atom. The van der Waals surface area contributed by atoms with E-state index in [1.807, 2.05) is 19.0 Å². The fourth-order valence-electron chi connectivity index (χ4n) is 4.69. The van der Waals surface area contributed by atoms with Crippen LogP contribution in [0.5, 0.6) is 5.75 Å². The first-order chi connectivity index (χ1) is 19.0. The highest BCUT2D eigenvalue weighted by atomic mass is 35.5. The average molecular weight is 588 g/mol. The molecule has 3 heterocycles. The number of anilines is 3. The number of unbranched alkanes of at least 4 members (excludes halogenated alkanes) is 7. The van der Waals surface area contributed by atoms with Gasteiger partial charge >= 0.3 is 6.18 Å². The van der Waals surface area contributed by atoms with E-state index in [-0.39, 0.29) is 40.8 Å². The minimum absolute atomic E-state index is 0.00152. The number of likely N-dealkylation sites (N-methyl/N-ethyl adjacent to an activating group) is 1. The average Bonchev–Trinajstić information content (AvgIpc) is 3.22. The molecule has 9 nitrogen and oxygen atoms in total. The SMILES string of the molecule is CCCCCCCCCCC1C(Cl)CNc2c(C(=O)Nc3cnc(C(F)(F)F)cc3OCCN(C)C)c(N)nn21. The van der Waals surface area contributed by atoms with E-state index in [1.165, 1.54) is 38.5 Å². The number of nitrogens with one attached hydrogen (secondary N) is 2. The van der Waals surface area contributed by atoms with Crippen LogP contribution in [0.2, 0.25) is 0 Å². The van der Waals surface area contributed by atoms with Gasteiger partial charge in [-0.3, -0.25) is 4.79 Å². The standard InChI is InChI=1S/C27H41ClF3N7O2/c1-4-5-6-7-8-9-10-11-12-20-18(28)16-34-25-23(24(32)36-38(20)25)26(39)35-19-17-33-22(27(29,30)31)15-21(19)40-14-13-37(2)3/h15,17-18,20,34H,4-14,16H2,1-3H3,(H2,32,36)(H,35,39). The molecule has 224 valence electrons. The van der Waals surface area contributed by atoms with E-state index >= 15 is 0 Å². The summed E-state index contributed by atoms with van der Waals surface area (Å²) in [6, 6.07) is 0.637. The second-order valence-corrected chi connectivity index (χ2v) is 11.0. The number of rotatable bonds is 15. The normalized spacial score (nSPS) is 17.0. The minimum Gasteiger partial charge on any atom is -0.490 e. The van der Waals surface area contributed by atoms with Crippen LogP contribution in [0.4, 0.5) is 30.5 Å². The molecule has 0 bridgehead atoms. The molecular formula is C27H41ClF3N7O2. The Morgan fingerprint density at radius 3 is 2.55 bits per heavy atom. The zero-order valence-electron chi connectivity index (χ0n) is 23.5. The first-order valence-corrected chi connectivity index (χ1v) is 14.4. The summed E-state index contributed by atoms with van der Waals surface area (Å²) in [5.74, 6) is -0.337. The Morgan fingerprint density at radius 2 is 1.90 bits per heavy atom. The maximum Gasteiger partial charge on any atom is 0.433 e. The van der Waals surface area contributed by atoms with Gasteiger partial charge in [0, 0.05) is 19.2 Å². The molecule has 40 heavy (non-hydrogen) atoms. The number of nitrogens with two attached hydrogens (primary N) is 1. The molecule has 0 radical (unpaired) electrons. The second-order valence-electron chi connectivity index (χ2n) is 10.5. The van der Waals surface area contributed by atoms with Gasteiger partial charge in [-0.2, -0.15) is 18.3 Å². The number of hydrogen-bond donors (Lipinski definition) is 3. The minimum atomic E-state index is -4.66. The number of nitrogens with zero attached hydrogens (tertiary/aromatic N) is 4. The zero-order valence-corrected chi connectivity index (χ0v) is 24.2. The van der Waals surface area contributed by atoms with Crippen LogP contribution >= 0.6 is 11.6 Å². The van der Waals surface area contributed by atoms with Crippen LogP contribution < -0.4 is 21.1 Å². The number of amides is 1. The summed E-state index contributed by atoms with van der Waals surface area (Å²) < 4.78 is 47.1. The van der Waals surface area contributed by atoms with Crippen LogP contribution in [0.3, 0.4) is 0 Å². The molecule has 3 rings (SSSR count). The number of carbonyl (C=O) groups is 1. The molecule has 2 unspecified atom stereocenters. The van der Waals surface area contributed by atoms with Crippen LogP contribution in [-0.2, 0) is 6.18 Å². The van der Waals surface area contributed by atoms with Gasteiger partial charge in [0.25, 0.3) is 5.91 Å². The monoisotopic (exact) mass is 587 g/mol. The third-order valence-corrected chi connectivity index (χ3v) is 7.36. The molecule has 2 aromatic heterocycles. The molecule has 1 amide bonds. The molecule has 13 heteroatoms. The van der Waals surface area contributed by atoms with Crippen LogP contribution in [0.15, 0.2) is 12.3 Å². The molecule has 2 aromatic rings. The maximum absolute atomic E-state index is 13.3. The highest BCUT2D eigenvalue weighted by molar-refractivity contribution is 6.21. The van der Waals surface area contributed by atoms with Crippen molar-refractivity contribution in [1.82, 2.24) is 19.7 Å². The van der Waals surface area contributed by atoms with E-state index in [0.29, 0.717) is 18.9 Å². The van der Waals surface area contributed by atoms with Crippen molar-refractivity contribution in [1.29, 1.82) is 0 Å². The van der Waals surface area contributed by atoms with Crippen LogP contribution in [0.25, 0.3) is 0 Å². The number of ether oxygens (including phenoxy) is 1. The molecule has 1 aliphatic heterocycles. The first-order valence-electron chi connectivity index (χ1n) is 13.9. The molecule has 0 aromatic carbocycles. The smallest absolute Gasteiger partial charge is 0.433 e. The fraction of sp³-hybridized carbons (Fsp3) is 0.667. The van der Waals surface area contributed by atoms with E-state index in [4.69, 9.17) is 22.1 Å². The fourth-order valence-corrected chi connectivity index (χ4v) is 5.00. The lowest BCUT2D eigenvalue weighted by Crippen LogP contribution is -2.34. The molecule has 0 fully saturated rings. The zero-order chi connectivity index (χ0) is 29.3. The summed E-state index contributed by atoms with van der Waals surface area (Å²) in [5.41, 5.74) is 5.15. The molecule has 0 spiro atoms. The van der Waals surface area contributed by atoms with Gasteiger partial charge in [0.2, 0.25) is 0 Å². The molecule has 0 aliphatic carbocycles. The third-order valence-electron chi connectivity index (χ3n) is 6.91. The molecule has 0 saturated heterocycles. The summed E-state index contributed by atoms with van der Waals surface area (Å²) in [5, 5.41) is 9.94. The number of halogens is 4. The van der Waals surface area contributed by atoms with Crippen molar-refractivity contribution in [3.05, 3.63) is 23.5 Å². The van der Waals surface area contributed by atoms with Gasteiger partial charge in [0.05, 0.1) is 17.6 Å². The highest BCUT2D eigenvalue weighted by Crippen LogP contribution is 2.37. The number of nitrogen functional groups attached to an aromatic ring is 1. The van der Waals surface area contributed by atoms with Gasteiger partial charge in [0.1, 0.15) is 35.1 Å². The molecule has 2 atom stereocenters. The van der Waals surface area contributed by atoms with Gasteiger partial charge < -0.3 is 26.0 Å². The molecule has 4 N–H and O–H groups in total. The van der Waals surface area contributed by atoms with E-state index < -0.39 is 17.8 Å². The number of alkyl halides is 4.